The number of methoxy groups -OCH3 is 1. The third-order valence-electron chi connectivity index (χ3n) is 3.11. The van der Waals surface area contributed by atoms with E-state index < -0.39 is 0 Å². The van der Waals surface area contributed by atoms with Gasteiger partial charge in [0.05, 0.1) is 17.8 Å². The molecule has 0 atom stereocenters. The first kappa shape index (κ1) is 14.3. The normalized spacial score (nSPS) is 10.8. The number of aromatic nitrogens is 3. The van der Waals surface area contributed by atoms with Crippen molar-refractivity contribution in [2.24, 2.45) is 0 Å². The van der Waals surface area contributed by atoms with Crippen molar-refractivity contribution in [2.75, 3.05) is 20.3 Å². The molecule has 0 saturated heterocycles. The van der Waals surface area contributed by atoms with Gasteiger partial charge in [-0.3, -0.25) is 0 Å². The fraction of sp³-hybridized carbons (Fsp3) is 0.188. The maximum atomic E-state index is 13.0. The SMILES string of the molecule is COCCOc1ncnc2ccc(-c3ccc(F)cc3)nc12. The Kier molecular flexibility index (Phi) is 4.20. The minimum Gasteiger partial charge on any atom is -0.474 e. The van der Waals surface area contributed by atoms with E-state index in [1.54, 1.807) is 19.2 Å². The second-order valence-electron chi connectivity index (χ2n) is 4.59. The summed E-state index contributed by atoms with van der Waals surface area (Å²) in [6, 6.07) is 9.84. The summed E-state index contributed by atoms with van der Waals surface area (Å²) < 4.78 is 23.5. The number of nitrogens with zero attached hydrogens (tertiary/aromatic N) is 3. The van der Waals surface area contributed by atoms with E-state index in [0.717, 1.165) is 5.56 Å². The first-order chi connectivity index (χ1) is 10.8. The Hall–Kier alpha value is -2.60. The molecule has 0 fully saturated rings. The van der Waals surface area contributed by atoms with Gasteiger partial charge in [0.25, 0.3) is 0 Å². The van der Waals surface area contributed by atoms with Crippen LogP contribution in [0.3, 0.4) is 0 Å². The quantitative estimate of drug-likeness (QED) is 0.678. The second-order valence-corrected chi connectivity index (χ2v) is 4.59. The van der Waals surface area contributed by atoms with E-state index in [1.807, 2.05) is 12.1 Å². The van der Waals surface area contributed by atoms with Crippen LogP contribution in [0.2, 0.25) is 0 Å². The Labute approximate surface area is 126 Å². The highest BCUT2D eigenvalue weighted by molar-refractivity contribution is 5.81. The number of hydrogen-bond donors (Lipinski definition) is 0. The molecule has 0 aliphatic rings. The highest BCUT2D eigenvalue weighted by atomic mass is 19.1. The summed E-state index contributed by atoms with van der Waals surface area (Å²) in [5.41, 5.74) is 2.78. The van der Waals surface area contributed by atoms with Crippen LogP contribution in [0.1, 0.15) is 0 Å². The third kappa shape index (κ3) is 3.01. The van der Waals surface area contributed by atoms with Crippen LogP contribution in [0.15, 0.2) is 42.7 Å². The fourth-order valence-electron chi connectivity index (χ4n) is 2.03. The first-order valence-corrected chi connectivity index (χ1v) is 6.77. The van der Waals surface area contributed by atoms with Crippen LogP contribution in [0, 0.1) is 5.82 Å². The van der Waals surface area contributed by atoms with Crippen LogP contribution in [0.4, 0.5) is 4.39 Å². The summed E-state index contributed by atoms with van der Waals surface area (Å²) >= 11 is 0. The van der Waals surface area contributed by atoms with Crippen LogP contribution >= 0.6 is 0 Å². The van der Waals surface area contributed by atoms with Crippen LogP contribution in [0.5, 0.6) is 5.88 Å². The molecule has 2 heterocycles. The molecule has 6 heteroatoms. The van der Waals surface area contributed by atoms with Gasteiger partial charge in [-0.15, -0.1) is 0 Å². The van der Waals surface area contributed by atoms with Crippen molar-refractivity contribution in [1.29, 1.82) is 0 Å². The molecule has 0 bridgehead atoms. The van der Waals surface area contributed by atoms with Crippen molar-refractivity contribution in [3.8, 4) is 17.1 Å². The Bertz CT molecular complexity index is 778. The van der Waals surface area contributed by atoms with E-state index in [0.29, 0.717) is 35.8 Å². The monoisotopic (exact) mass is 299 g/mol. The number of rotatable bonds is 5. The molecule has 0 radical (unpaired) electrons. The topological polar surface area (TPSA) is 57.1 Å². The van der Waals surface area contributed by atoms with Gasteiger partial charge in [0.2, 0.25) is 5.88 Å². The van der Waals surface area contributed by atoms with Crippen LogP contribution in [-0.2, 0) is 4.74 Å². The van der Waals surface area contributed by atoms with Crippen molar-refractivity contribution in [2.45, 2.75) is 0 Å². The first-order valence-electron chi connectivity index (χ1n) is 6.77. The largest absolute Gasteiger partial charge is 0.474 e. The molecule has 1 aromatic carbocycles. The van der Waals surface area contributed by atoms with Gasteiger partial charge in [0.1, 0.15) is 18.8 Å². The molecule has 5 nitrogen and oxygen atoms in total. The summed E-state index contributed by atoms with van der Waals surface area (Å²) in [4.78, 5) is 12.8. The summed E-state index contributed by atoms with van der Waals surface area (Å²) in [6.07, 6.45) is 1.43. The standard InChI is InChI=1S/C16H14FN3O2/c1-21-8-9-22-16-15-14(18-10-19-16)7-6-13(20-15)11-2-4-12(17)5-3-11/h2-7,10H,8-9H2,1H3. The van der Waals surface area contributed by atoms with E-state index in [4.69, 9.17) is 9.47 Å². The Morgan fingerprint density at radius 2 is 1.82 bits per heavy atom. The zero-order valence-electron chi connectivity index (χ0n) is 12.0. The number of pyridine rings is 1. The molecule has 0 aliphatic heterocycles. The lowest BCUT2D eigenvalue weighted by Crippen LogP contribution is -2.06. The lowest BCUT2D eigenvalue weighted by atomic mass is 10.1. The molecule has 3 rings (SSSR count). The molecule has 22 heavy (non-hydrogen) atoms. The molecule has 0 aliphatic carbocycles. The smallest absolute Gasteiger partial charge is 0.243 e. The molecular formula is C16H14FN3O2. The fourth-order valence-corrected chi connectivity index (χ4v) is 2.03. The number of fused-ring (bicyclic) bond motifs is 1. The maximum Gasteiger partial charge on any atom is 0.243 e. The average molecular weight is 299 g/mol. The van der Waals surface area contributed by atoms with Crippen LogP contribution in [0.25, 0.3) is 22.3 Å². The molecular weight excluding hydrogens is 285 g/mol. The van der Waals surface area contributed by atoms with Gasteiger partial charge in [-0.25, -0.2) is 14.4 Å². The maximum absolute atomic E-state index is 13.0. The number of ether oxygens (including phenoxy) is 2. The van der Waals surface area contributed by atoms with Gasteiger partial charge >= 0.3 is 0 Å². The van der Waals surface area contributed by atoms with Crippen molar-refractivity contribution in [3.05, 3.63) is 48.5 Å². The summed E-state index contributed by atoms with van der Waals surface area (Å²) in [7, 11) is 1.60. The molecule has 0 amide bonds. The Balaban J connectivity index is 2.00. The molecule has 3 aromatic rings. The zero-order chi connectivity index (χ0) is 15.4. The average Bonchev–Trinajstić information content (AvgIpc) is 2.55. The van der Waals surface area contributed by atoms with Crippen LogP contribution < -0.4 is 4.74 Å². The van der Waals surface area contributed by atoms with Gasteiger partial charge in [-0.2, -0.15) is 4.98 Å². The Morgan fingerprint density at radius 3 is 2.59 bits per heavy atom. The summed E-state index contributed by atoms with van der Waals surface area (Å²) in [5.74, 6) is 0.127. The predicted octanol–water partition coefficient (Wildman–Crippen LogP) is 2.86. The van der Waals surface area contributed by atoms with Gasteiger partial charge in [-0.05, 0) is 36.4 Å². The summed E-state index contributed by atoms with van der Waals surface area (Å²) in [5, 5.41) is 0. The minimum atomic E-state index is -0.281. The number of halogens is 1. The molecule has 2 aromatic heterocycles. The number of hydrogen-bond acceptors (Lipinski definition) is 5. The van der Waals surface area contributed by atoms with Crippen molar-refractivity contribution >= 4 is 11.0 Å². The molecule has 0 N–H and O–H groups in total. The zero-order valence-corrected chi connectivity index (χ0v) is 12.0. The summed E-state index contributed by atoms with van der Waals surface area (Å²) in [6.45, 7) is 0.841. The highest BCUT2D eigenvalue weighted by Crippen LogP contribution is 2.24. The second kappa shape index (κ2) is 6.44. The van der Waals surface area contributed by atoms with E-state index in [1.165, 1.54) is 18.5 Å². The van der Waals surface area contributed by atoms with Gasteiger partial charge < -0.3 is 9.47 Å². The van der Waals surface area contributed by atoms with E-state index >= 15 is 0 Å². The third-order valence-corrected chi connectivity index (χ3v) is 3.11. The number of benzene rings is 1. The van der Waals surface area contributed by atoms with Gasteiger partial charge in [-0.1, -0.05) is 0 Å². The van der Waals surface area contributed by atoms with Gasteiger partial charge in [0.15, 0.2) is 5.52 Å². The van der Waals surface area contributed by atoms with Crippen molar-refractivity contribution < 1.29 is 13.9 Å². The van der Waals surface area contributed by atoms with Crippen molar-refractivity contribution in [3.63, 3.8) is 0 Å². The van der Waals surface area contributed by atoms with Crippen molar-refractivity contribution in [1.82, 2.24) is 15.0 Å². The minimum absolute atomic E-state index is 0.281. The van der Waals surface area contributed by atoms with E-state index in [9.17, 15) is 4.39 Å². The lowest BCUT2D eigenvalue weighted by molar-refractivity contribution is 0.144. The molecule has 0 unspecified atom stereocenters. The highest BCUT2D eigenvalue weighted by Gasteiger charge is 2.09. The van der Waals surface area contributed by atoms with Gasteiger partial charge in [0, 0.05) is 12.7 Å². The lowest BCUT2D eigenvalue weighted by Gasteiger charge is -2.08. The Morgan fingerprint density at radius 1 is 1.00 bits per heavy atom. The van der Waals surface area contributed by atoms with Crippen LogP contribution in [-0.4, -0.2) is 35.3 Å². The van der Waals surface area contributed by atoms with E-state index in [2.05, 4.69) is 15.0 Å². The molecule has 112 valence electrons. The molecule has 0 saturated carbocycles. The van der Waals surface area contributed by atoms with E-state index in [-0.39, 0.29) is 5.82 Å². The molecule has 0 spiro atoms. The predicted molar refractivity (Wildman–Crippen MR) is 80.1 cm³/mol.